The van der Waals surface area contributed by atoms with E-state index in [1.54, 1.807) is 37.4 Å². The molecule has 1 heterocycles. The van der Waals surface area contributed by atoms with E-state index < -0.39 is 11.9 Å². The molecule has 8 heteroatoms. The number of hydrazone groups is 1. The summed E-state index contributed by atoms with van der Waals surface area (Å²) in [6, 6.07) is 16.0. The Balaban J connectivity index is 1.74. The summed E-state index contributed by atoms with van der Waals surface area (Å²) in [5.41, 5.74) is 10.6. The minimum Gasteiger partial charge on any atom is -0.497 e. The third kappa shape index (κ3) is 4.61. The van der Waals surface area contributed by atoms with Crippen LogP contribution in [0, 0.1) is 0 Å². The number of hydrogen-bond donors (Lipinski definition) is 2. The van der Waals surface area contributed by atoms with Crippen molar-refractivity contribution in [2.24, 2.45) is 5.10 Å². The number of nitrogens with zero attached hydrogens (tertiary/aromatic N) is 1. The maximum absolute atomic E-state index is 12.5. The van der Waals surface area contributed by atoms with E-state index in [2.05, 4.69) is 10.5 Å². The number of nitrogen functional groups attached to an aromatic ring is 1. The molecule has 1 amide bonds. The molecule has 0 aliphatic rings. The van der Waals surface area contributed by atoms with Crippen LogP contribution in [0.15, 0.2) is 59.7 Å². The SMILES string of the molecule is COC(=O)c1ccccc1/C=N\NC(=O)c1sc(-c2ccc(OC)cc2)cc1N. The molecule has 0 saturated carbocycles. The Morgan fingerprint density at radius 3 is 2.52 bits per heavy atom. The molecule has 0 spiro atoms. The summed E-state index contributed by atoms with van der Waals surface area (Å²) in [5.74, 6) is -0.165. The van der Waals surface area contributed by atoms with Gasteiger partial charge in [0.05, 0.1) is 31.7 Å². The average molecular weight is 409 g/mol. The second-order valence-corrected chi connectivity index (χ2v) is 6.95. The molecule has 148 valence electrons. The first-order chi connectivity index (χ1) is 14.0. The number of benzene rings is 2. The zero-order chi connectivity index (χ0) is 20.8. The highest BCUT2D eigenvalue weighted by Crippen LogP contribution is 2.33. The number of amides is 1. The van der Waals surface area contributed by atoms with E-state index in [1.807, 2.05) is 24.3 Å². The Labute approximate surface area is 171 Å². The summed E-state index contributed by atoms with van der Waals surface area (Å²) >= 11 is 1.27. The van der Waals surface area contributed by atoms with Crippen LogP contribution in [-0.4, -0.2) is 32.3 Å². The number of nitrogens with two attached hydrogens (primary N) is 1. The third-order valence-corrected chi connectivity index (χ3v) is 5.28. The quantitative estimate of drug-likeness (QED) is 0.368. The number of carbonyl (C=O) groups excluding carboxylic acids is 2. The van der Waals surface area contributed by atoms with Crippen LogP contribution in [0.1, 0.15) is 25.6 Å². The molecule has 29 heavy (non-hydrogen) atoms. The van der Waals surface area contributed by atoms with E-state index in [0.717, 1.165) is 16.2 Å². The molecular formula is C21H19N3O4S. The highest BCUT2D eigenvalue weighted by Gasteiger charge is 2.15. The van der Waals surface area contributed by atoms with Gasteiger partial charge in [0.15, 0.2) is 0 Å². The third-order valence-electron chi connectivity index (χ3n) is 4.08. The van der Waals surface area contributed by atoms with Crippen LogP contribution in [0.5, 0.6) is 5.75 Å². The first-order valence-electron chi connectivity index (χ1n) is 8.58. The van der Waals surface area contributed by atoms with Crippen molar-refractivity contribution >= 4 is 35.1 Å². The number of anilines is 1. The Hall–Kier alpha value is -3.65. The topological polar surface area (TPSA) is 103 Å². The lowest BCUT2D eigenvalue weighted by Gasteiger charge is -2.03. The molecule has 0 saturated heterocycles. The predicted octanol–water partition coefficient (Wildman–Crippen LogP) is 3.56. The minimum absolute atomic E-state index is 0.352. The van der Waals surface area contributed by atoms with Crippen molar-refractivity contribution in [3.05, 3.63) is 70.6 Å². The van der Waals surface area contributed by atoms with Crippen LogP contribution in [-0.2, 0) is 4.74 Å². The highest BCUT2D eigenvalue weighted by atomic mass is 32.1. The molecule has 0 radical (unpaired) electrons. The van der Waals surface area contributed by atoms with Gasteiger partial charge in [0.25, 0.3) is 5.91 Å². The van der Waals surface area contributed by atoms with E-state index in [9.17, 15) is 9.59 Å². The first kappa shape index (κ1) is 20.1. The van der Waals surface area contributed by atoms with Gasteiger partial charge in [0.2, 0.25) is 0 Å². The number of thiophene rings is 1. The van der Waals surface area contributed by atoms with Crippen molar-refractivity contribution in [3.8, 4) is 16.2 Å². The van der Waals surface area contributed by atoms with Gasteiger partial charge >= 0.3 is 5.97 Å². The van der Waals surface area contributed by atoms with Gasteiger partial charge in [-0.05, 0) is 42.0 Å². The maximum atomic E-state index is 12.5. The predicted molar refractivity (Wildman–Crippen MR) is 114 cm³/mol. The average Bonchev–Trinajstić information content (AvgIpc) is 3.15. The van der Waals surface area contributed by atoms with Crippen LogP contribution in [0.25, 0.3) is 10.4 Å². The zero-order valence-electron chi connectivity index (χ0n) is 15.8. The van der Waals surface area contributed by atoms with Gasteiger partial charge in [0, 0.05) is 10.4 Å². The van der Waals surface area contributed by atoms with E-state index in [-0.39, 0.29) is 0 Å². The monoisotopic (exact) mass is 409 g/mol. The second kappa shape index (κ2) is 9.03. The summed E-state index contributed by atoms with van der Waals surface area (Å²) in [4.78, 5) is 25.5. The van der Waals surface area contributed by atoms with Crippen LogP contribution in [0.4, 0.5) is 5.69 Å². The van der Waals surface area contributed by atoms with Crippen LogP contribution >= 0.6 is 11.3 Å². The van der Waals surface area contributed by atoms with E-state index in [4.69, 9.17) is 15.2 Å². The van der Waals surface area contributed by atoms with Crippen LogP contribution in [0.3, 0.4) is 0 Å². The number of rotatable bonds is 6. The van der Waals surface area contributed by atoms with E-state index in [1.165, 1.54) is 24.7 Å². The van der Waals surface area contributed by atoms with Gasteiger partial charge in [-0.15, -0.1) is 11.3 Å². The minimum atomic E-state index is -0.481. The Morgan fingerprint density at radius 2 is 1.83 bits per heavy atom. The number of carbonyl (C=O) groups is 2. The fourth-order valence-electron chi connectivity index (χ4n) is 2.60. The summed E-state index contributed by atoms with van der Waals surface area (Å²) in [6.45, 7) is 0. The van der Waals surface area contributed by atoms with Crippen molar-refractivity contribution in [2.75, 3.05) is 20.0 Å². The van der Waals surface area contributed by atoms with Crippen LogP contribution < -0.4 is 15.9 Å². The molecule has 1 aromatic heterocycles. The Kier molecular flexibility index (Phi) is 6.25. The van der Waals surface area contributed by atoms with Crippen LogP contribution in [0.2, 0.25) is 0 Å². The largest absolute Gasteiger partial charge is 0.497 e. The van der Waals surface area contributed by atoms with Crippen molar-refractivity contribution in [3.63, 3.8) is 0 Å². The van der Waals surface area contributed by atoms with Gasteiger partial charge in [-0.3, -0.25) is 4.79 Å². The highest BCUT2D eigenvalue weighted by molar-refractivity contribution is 7.18. The summed E-state index contributed by atoms with van der Waals surface area (Å²) in [6.07, 6.45) is 1.39. The molecule has 3 aromatic rings. The van der Waals surface area contributed by atoms with Gasteiger partial charge in [-0.2, -0.15) is 5.10 Å². The summed E-state index contributed by atoms with van der Waals surface area (Å²) < 4.78 is 9.89. The number of esters is 1. The van der Waals surface area contributed by atoms with Crippen molar-refractivity contribution in [1.82, 2.24) is 5.43 Å². The first-order valence-corrected chi connectivity index (χ1v) is 9.39. The maximum Gasteiger partial charge on any atom is 0.338 e. The molecule has 7 nitrogen and oxygen atoms in total. The van der Waals surface area contributed by atoms with Crippen molar-refractivity contribution in [1.29, 1.82) is 0 Å². The molecule has 2 aromatic carbocycles. The number of ether oxygens (including phenoxy) is 2. The molecule has 3 N–H and O–H groups in total. The van der Waals surface area contributed by atoms with Gasteiger partial charge in [0.1, 0.15) is 10.6 Å². The number of hydrogen-bond acceptors (Lipinski definition) is 7. The molecule has 0 bridgehead atoms. The smallest absolute Gasteiger partial charge is 0.338 e. The molecule has 0 atom stereocenters. The molecule has 3 rings (SSSR count). The summed E-state index contributed by atoms with van der Waals surface area (Å²) in [5, 5.41) is 3.94. The molecule has 0 aliphatic carbocycles. The lowest BCUT2D eigenvalue weighted by Crippen LogP contribution is -2.17. The second-order valence-electron chi connectivity index (χ2n) is 5.90. The molecule has 0 aliphatic heterocycles. The number of nitrogens with one attached hydrogen (secondary N) is 1. The molecule has 0 unspecified atom stereocenters. The lowest BCUT2D eigenvalue weighted by atomic mass is 10.1. The summed E-state index contributed by atoms with van der Waals surface area (Å²) in [7, 11) is 2.91. The molecule has 0 fully saturated rings. The van der Waals surface area contributed by atoms with Crippen molar-refractivity contribution < 1.29 is 19.1 Å². The standard InChI is InChI=1S/C21H19N3O4S/c1-27-15-9-7-13(8-10-15)18-11-17(22)19(29-18)20(25)24-23-12-14-5-3-4-6-16(14)21(26)28-2/h3-12H,22H2,1-2H3,(H,24,25)/b23-12-. The van der Waals surface area contributed by atoms with Crippen molar-refractivity contribution in [2.45, 2.75) is 0 Å². The Bertz CT molecular complexity index is 1060. The van der Waals surface area contributed by atoms with E-state index >= 15 is 0 Å². The fraction of sp³-hybridized carbons (Fsp3) is 0.0952. The molecular weight excluding hydrogens is 390 g/mol. The van der Waals surface area contributed by atoms with Gasteiger partial charge in [-0.1, -0.05) is 18.2 Å². The fourth-order valence-corrected chi connectivity index (χ4v) is 3.57. The van der Waals surface area contributed by atoms with E-state index in [0.29, 0.717) is 21.7 Å². The Morgan fingerprint density at radius 1 is 1.10 bits per heavy atom. The zero-order valence-corrected chi connectivity index (χ0v) is 16.7. The van der Waals surface area contributed by atoms with Gasteiger partial charge < -0.3 is 15.2 Å². The van der Waals surface area contributed by atoms with Gasteiger partial charge in [-0.25, -0.2) is 10.2 Å². The lowest BCUT2D eigenvalue weighted by molar-refractivity contribution is 0.0600. The number of methoxy groups -OCH3 is 2. The normalized spacial score (nSPS) is 10.7.